The van der Waals surface area contributed by atoms with E-state index in [1.54, 1.807) is 18.3 Å². The van der Waals surface area contributed by atoms with Gasteiger partial charge in [-0.1, -0.05) is 0 Å². The standard InChI is InChI=1S/C10H7Br2N3OS/c11-8-3-7(9(12)17-8)10(16)14-4-6-1-2-13-5-15-6/h1-3,5H,4H2,(H,14,16). The van der Waals surface area contributed by atoms with E-state index < -0.39 is 0 Å². The summed E-state index contributed by atoms with van der Waals surface area (Å²) in [5.41, 5.74) is 1.40. The summed E-state index contributed by atoms with van der Waals surface area (Å²) in [5, 5.41) is 2.80. The SMILES string of the molecule is O=C(NCc1ccncn1)c1cc(Br)sc1Br. The van der Waals surface area contributed by atoms with Gasteiger partial charge in [0, 0.05) is 6.20 Å². The van der Waals surface area contributed by atoms with Gasteiger partial charge in [0.1, 0.15) is 6.33 Å². The molecule has 1 amide bonds. The van der Waals surface area contributed by atoms with Gasteiger partial charge in [-0.2, -0.15) is 0 Å². The maximum atomic E-state index is 11.9. The van der Waals surface area contributed by atoms with Crippen LogP contribution >= 0.6 is 43.2 Å². The Morgan fingerprint density at radius 1 is 1.47 bits per heavy atom. The Morgan fingerprint density at radius 2 is 2.29 bits per heavy atom. The predicted molar refractivity (Wildman–Crippen MR) is 72.9 cm³/mol. The number of amides is 1. The molecule has 0 aliphatic rings. The van der Waals surface area contributed by atoms with Crippen molar-refractivity contribution >= 4 is 49.1 Å². The van der Waals surface area contributed by atoms with Crippen LogP contribution in [0.3, 0.4) is 0 Å². The monoisotopic (exact) mass is 375 g/mol. The molecule has 0 fully saturated rings. The van der Waals surface area contributed by atoms with Crippen molar-refractivity contribution in [3.8, 4) is 0 Å². The number of carbonyl (C=O) groups excluding carboxylic acids is 1. The second-order valence-corrected chi connectivity index (χ2v) is 6.87. The molecule has 88 valence electrons. The number of rotatable bonds is 3. The molecule has 2 heterocycles. The quantitative estimate of drug-likeness (QED) is 0.895. The molecule has 2 rings (SSSR count). The second kappa shape index (κ2) is 5.70. The lowest BCUT2D eigenvalue weighted by Crippen LogP contribution is -2.23. The first-order valence-corrected chi connectivity index (χ1v) is 7.05. The van der Waals surface area contributed by atoms with Gasteiger partial charge in [-0.3, -0.25) is 4.79 Å². The van der Waals surface area contributed by atoms with Crippen molar-refractivity contribution in [1.29, 1.82) is 0 Å². The van der Waals surface area contributed by atoms with Gasteiger partial charge < -0.3 is 5.32 Å². The third-order valence-corrected chi connectivity index (χ3v) is 4.31. The van der Waals surface area contributed by atoms with Crippen LogP contribution in [0, 0.1) is 0 Å². The van der Waals surface area contributed by atoms with E-state index in [0.717, 1.165) is 13.3 Å². The van der Waals surface area contributed by atoms with Crippen LogP contribution in [0.15, 0.2) is 32.2 Å². The van der Waals surface area contributed by atoms with Gasteiger partial charge in [-0.15, -0.1) is 11.3 Å². The van der Waals surface area contributed by atoms with Gasteiger partial charge in [-0.05, 0) is 44.0 Å². The Morgan fingerprint density at radius 3 is 2.88 bits per heavy atom. The number of halogens is 2. The lowest BCUT2D eigenvalue weighted by Gasteiger charge is -2.03. The minimum atomic E-state index is -0.127. The van der Waals surface area contributed by atoms with Crippen molar-refractivity contribution in [2.75, 3.05) is 0 Å². The smallest absolute Gasteiger partial charge is 0.253 e. The number of carbonyl (C=O) groups is 1. The zero-order valence-electron chi connectivity index (χ0n) is 8.48. The Labute approximate surface area is 119 Å². The van der Waals surface area contributed by atoms with E-state index in [1.165, 1.54) is 17.7 Å². The van der Waals surface area contributed by atoms with Gasteiger partial charge in [0.15, 0.2) is 0 Å². The summed E-state index contributed by atoms with van der Waals surface area (Å²) in [6.07, 6.45) is 3.10. The maximum Gasteiger partial charge on any atom is 0.253 e. The molecule has 2 aromatic heterocycles. The number of thiophene rings is 1. The van der Waals surface area contributed by atoms with Crippen molar-refractivity contribution in [1.82, 2.24) is 15.3 Å². The first-order valence-electron chi connectivity index (χ1n) is 4.65. The summed E-state index contributed by atoms with van der Waals surface area (Å²) >= 11 is 8.15. The summed E-state index contributed by atoms with van der Waals surface area (Å²) in [6.45, 7) is 0.390. The fourth-order valence-electron chi connectivity index (χ4n) is 1.18. The zero-order valence-corrected chi connectivity index (χ0v) is 12.5. The highest BCUT2D eigenvalue weighted by Crippen LogP contribution is 2.31. The molecule has 0 aliphatic carbocycles. The molecule has 0 bridgehead atoms. The zero-order chi connectivity index (χ0) is 12.3. The number of hydrogen-bond acceptors (Lipinski definition) is 4. The Balaban J connectivity index is 2.01. The summed E-state index contributed by atoms with van der Waals surface area (Å²) in [4.78, 5) is 19.7. The van der Waals surface area contributed by atoms with E-state index >= 15 is 0 Å². The molecule has 0 saturated heterocycles. The first kappa shape index (κ1) is 12.7. The lowest BCUT2D eigenvalue weighted by molar-refractivity contribution is 0.0950. The lowest BCUT2D eigenvalue weighted by atomic mass is 10.3. The largest absolute Gasteiger partial charge is 0.346 e. The van der Waals surface area contributed by atoms with Crippen molar-refractivity contribution in [2.24, 2.45) is 0 Å². The molecule has 0 aliphatic heterocycles. The highest BCUT2D eigenvalue weighted by Gasteiger charge is 2.13. The average Bonchev–Trinajstić information content (AvgIpc) is 2.67. The fraction of sp³-hybridized carbons (Fsp3) is 0.100. The summed E-state index contributed by atoms with van der Waals surface area (Å²) in [5.74, 6) is -0.127. The van der Waals surface area contributed by atoms with E-state index in [0.29, 0.717) is 12.1 Å². The Kier molecular flexibility index (Phi) is 4.25. The second-order valence-electron chi connectivity index (χ2n) is 3.12. The Bertz CT molecular complexity index is 530. The van der Waals surface area contributed by atoms with Gasteiger partial charge in [0.05, 0.1) is 25.4 Å². The summed E-state index contributed by atoms with van der Waals surface area (Å²) in [6, 6.07) is 3.54. The number of nitrogens with zero attached hydrogens (tertiary/aromatic N) is 2. The van der Waals surface area contributed by atoms with E-state index in [4.69, 9.17) is 0 Å². The van der Waals surface area contributed by atoms with E-state index in [1.807, 2.05) is 0 Å². The van der Waals surface area contributed by atoms with Crippen LogP contribution < -0.4 is 5.32 Å². The molecule has 0 saturated carbocycles. The molecule has 0 atom stereocenters. The van der Waals surface area contributed by atoms with Crippen molar-refractivity contribution in [2.45, 2.75) is 6.54 Å². The van der Waals surface area contributed by atoms with Crippen LogP contribution in [-0.4, -0.2) is 15.9 Å². The average molecular weight is 377 g/mol. The molecule has 0 unspecified atom stereocenters. The summed E-state index contributed by atoms with van der Waals surface area (Å²) in [7, 11) is 0. The summed E-state index contributed by atoms with van der Waals surface area (Å²) < 4.78 is 1.72. The number of nitrogens with one attached hydrogen (secondary N) is 1. The molecule has 0 radical (unpaired) electrons. The maximum absolute atomic E-state index is 11.9. The molecule has 2 aromatic rings. The molecule has 4 nitrogen and oxygen atoms in total. The predicted octanol–water partition coefficient (Wildman–Crippen LogP) is 2.99. The Hall–Kier alpha value is -0.790. The molecule has 0 spiro atoms. The molecular weight excluding hydrogens is 370 g/mol. The first-order chi connectivity index (χ1) is 8.16. The van der Waals surface area contributed by atoms with Gasteiger partial charge in [-0.25, -0.2) is 9.97 Å². The van der Waals surface area contributed by atoms with Gasteiger partial charge in [0.2, 0.25) is 0 Å². The van der Waals surface area contributed by atoms with Crippen LogP contribution in [0.5, 0.6) is 0 Å². The van der Waals surface area contributed by atoms with Crippen LogP contribution in [-0.2, 0) is 6.54 Å². The van der Waals surface area contributed by atoms with Crippen molar-refractivity contribution in [3.63, 3.8) is 0 Å². The minimum Gasteiger partial charge on any atom is -0.346 e. The van der Waals surface area contributed by atoms with Gasteiger partial charge >= 0.3 is 0 Å². The highest BCUT2D eigenvalue weighted by atomic mass is 79.9. The van der Waals surface area contributed by atoms with E-state index in [-0.39, 0.29) is 5.91 Å². The third kappa shape index (κ3) is 3.34. The highest BCUT2D eigenvalue weighted by molar-refractivity contribution is 9.12. The molecule has 0 aromatic carbocycles. The minimum absolute atomic E-state index is 0.127. The van der Waals surface area contributed by atoms with E-state index in [9.17, 15) is 4.79 Å². The third-order valence-electron chi connectivity index (χ3n) is 1.97. The van der Waals surface area contributed by atoms with Crippen LogP contribution in [0.2, 0.25) is 0 Å². The van der Waals surface area contributed by atoms with Gasteiger partial charge in [0.25, 0.3) is 5.91 Å². The van der Waals surface area contributed by atoms with Crippen molar-refractivity contribution < 1.29 is 4.79 Å². The number of hydrogen-bond donors (Lipinski definition) is 1. The van der Waals surface area contributed by atoms with Crippen molar-refractivity contribution in [3.05, 3.63) is 43.5 Å². The topological polar surface area (TPSA) is 54.9 Å². The number of aromatic nitrogens is 2. The normalized spacial score (nSPS) is 10.2. The molecule has 17 heavy (non-hydrogen) atoms. The molecule has 7 heteroatoms. The fourth-order valence-corrected chi connectivity index (χ4v) is 3.98. The van der Waals surface area contributed by atoms with E-state index in [2.05, 4.69) is 47.1 Å². The molecule has 1 N–H and O–H groups in total. The van der Waals surface area contributed by atoms with Crippen LogP contribution in [0.4, 0.5) is 0 Å². The van der Waals surface area contributed by atoms with Crippen LogP contribution in [0.1, 0.15) is 16.1 Å². The molecular formula is C10H7Br2N3OS. The van der Waals surface area contributed by atoms with Crippen LogP contribution in [0.25, 0.3) is 0 Å².